The Labute approximate surface area is 142 Å². The van der Waals surface area contributed by atoms with Gasteiger partial charge >= 0.3 is 5.97 Å². The molecule has 0 saturated heterocycles. The quantitative estimate of drug-likeness (QED) is 0.809. The molecule has 1 atom stereocenters. The second kappa shape index (κ2) is 8.32. The molecule has 0 heterocycles. The fourth-order valence-corrected chi connectivity index (χ4v) is 2.03. The molecule has 0 radical (unpaired) electrons. The van der Waals surface area contributed by atoms with Gasteiger partial charge < -0.3 is 10.1 Å². The Morgan fingerprint density at radius 2 is 1.68 bits per heavy atom. The molecule has 2 aromatic carbocycles. The number of rotatable bonds is 6. The normalized spacial score (nSPS) is 11.7. The maximum Gasteiger partial charge on any atom is 0.306 e. The van der Waals surface area contributed by atoms with Gasteiger partial charge in [-0.1, -0.05) is 12.1 Å². The van der Waals surface area contributed by atoms with E-state index in [0.29, 0.717) is 6.42 Å². The Morgan fingerprint density at radius 3 is 2.36 bits per heavy atom. The number of esters is 1. The zero-order valence-corrected chi connectivity index (χ0v) is 13.4. The summed E-state index contributed by atoms with van der Waals surface area (Å²) in [4.78, 5) is 23.7. The van der Waals surface area contributed by atoms with Crippen LogP contribution in [0.5, 0.6) is 0 Å². The monoisotopic (exact) mass is 351 g/mol. The maximum atomic E-state index is 13.5. The average molecular weight is 351 g/mol. The molecule has 0 fully saturated rings. The lowest BCUT2D eigenvalue weighted by Crippen LogP contribution is -2.30. The summed E-state index contributed by atoms with van der Waals surface area (Å²) in [5, 5.41) is 2.16. The molecular formula is C18H16F3NO3. The summed E-state index contributed by atoms with van der Waals surface area (Å²) < 4.78 is 44.3. The maximum absolute atomic E-state index is 13.5. The lowest BCUT2D eigenvalue weighted by Gasteiger charge is -2.14. The molecule has 1 N–H and O–H groups in total. The van der Waals surface area contributed by atoms with Gasteiger partial charge in [0, 0.05) is 12.5 Å². The lowest BCUT2D eigenvalue weighted by molar-refractivity contribution is -0.153. The summed E-state index contributed by atoms with van der Waals surface area (Å²) in [5.74, 6) is -3.29. The van der Waals surface area contributed by atoms with Crippen LogP contribution in [0, 0.1) is 17.5 Å². The molecule has 0 aliphatic heterocycles. The second-order valence-corrected chi connectivity index (χ2v) is 5.37. The number of ether oxygens (including phenoxy) is 1. The van der Waals surface area contributed by atoms with Crippen LogP contribution in [-0.2, 0) is 20.7 Å². The highest BCUT2D eigenvalue weighted by Gasteiger charge is 2.19. The van der Waals surface area contributed by atoms with Crippen molar-refractivity contribution < 1.29 is 27.5 Å². The van der Waals surface area contributed by atoms with Crippen molar-refractivity contribution in [2.24, 2.45) is 0 Å². The molecule has 1 unspecified atom stereocenters. The van der Waals surface area contributed by atoms with Gasteiger partial charge in [-0.05, 0) is 43.2 Å². The molecule has 0 bridgehead atoms. The Balaban J connectivity index is 1.84. The number of amides is 1. The van der Waals surface area contributed by atoms with E-state index in [0.717, 1.165) is 23.8 Å². The van der Waals surface area contributed by atoms with E-state index in [9.17, 15) is 22.8 Å². The van der Waals surface area contributed by atoms with Gasteiger partial charge in [0.1, 0.15) is 17.5 Å². The van der Waals surface area contributed by atoms with E-state index in [4.69, 9.17) is 4.74 Å². The van der Waals surface area contributed by atoms with Crippen molar-refractivity contribution in [1.82, 2.24) is 0 Å². The second-order valence-electron chi connectivity index (χ2n) is 5.37. The molecule has 2 rings (SSSR count). The number of benzene rings is 2. The first-order valence-electron chi connectivity index (χ1n) is 7.55. The zero-order chi connectivity index (χ0) is 18.4. The standard InChI is InChI=1S/C18H16F3NO3/c1-11(18(24)22-16-10-14(20)7-8-15(16)21)25-17(23)9-4-12-2-5-13(19)6-3-12/h2-3,5-8,10-11H,4,9H2,1H3,(H,22,24). The van der Waals surface area contributed by atoms with Crippen molar-refractivity contribution in [3.8, 4) is 0 Å². The minimum absolute atomic E-state index is 0.00240. The number of hydrogen-bond acceptors (Lipinski definition) is 3. The Bertz CT molecular complexity index is 763. The van der Waals surface area contributed by atoms with Gasteiger partial charge in [-0.2, -0.15) is 0 Å². The molecule has 0 aliphatic rings. The van der Waals surface area contributed by atoms with E-state index < -0.39 is 29.6 Å². The number of halogens is 3. The van der Waals surface area contributed by atoms with Crippen LogP contribution in [0.4, 0.5) is 18.9 Å². The molecule has 0 aliphatic carbocycles. The van der Waals surface area contributed by atoms with Gasteiger partial charge in [-0.3, -0.25) is 9.59 Å². The molecule has 7 heteroatoms. The number of carbonyl (C=O) groups excluding carboxylic acids is 2. The van der Waals surface area contributed by atoms with Crippen molar-refractivity contribution in [3.05, 3.63) is 65.5 Å². The van der Waals surface area contributed by atoms with Crippen molar-refractivity contribution in [1.29, 1.82) is 0 Å². The summed E-state index contributed by atoms with van der Waals surface area (Å²) in [7, 11) is 0. The fraction of sp³-hybridized carbons (Fsp3) is 0.222. The average Bonchev–Trinajstić information content (AvgIpc) is 2.57. The smallest absolute Gasteiger partial charge is 0.306 e. The summed E-state index contributed by atoms with van der Waals surface area (Å²) in [6, 6.07) is 8.29. The summed E-state index contributed by atoms with van der Waals surface area (Å²) in [6.07, 6.45) is -0.854. The van der Waals surface area contributed by atoms with Crippen LogP contribution in [0.1, 0.15) is 18.9 Å². The first-order chi connectivity index (χ1) is 11.8. The molecule has 2 aromatic rings. The third kappa shape index (κ3) is 5.63. The van der Waals surface area contributed by atoms with Gasteiger partial charge in [0.05, 0.1) is 5.69 Å². The highest BCUT2D eigenvalue weighted by molar-refractivity contribution is 5.95. The van der Waals surface area contributed by atoms with Crippen molar-refractivity contribution in [3.63, 3.8) is 0 Å². The first-order valence-corrected chi connectivity index (χ1v) is 7.55. The molecular weight excluding hydrogens is 335 g/mol. The van der Waals surface area contributed by atoms with Crippen molar-refractivity contribution >= 4 is 17.6 Å². The summed E-state index contributed by atoms with van der Waals surface area (Å²) >= 11 is 0. The Hall–Kier alpha value is -2.83. The first kappa shape index (κ1) is 18.5. The number of anilines is 1. The highest BCUT2D eigenvalue weighted by atomic mass is 19.1. The van der Waals surface area contributed by atoms with Crippen LogP contribution in [0.3, 0.4) is 0 Å². The fourth-order valence-electron chi connectivity index (χ4n) is 2.03. The molecule has 132 valence electrons. The summed E-state index contributed by atoms with van der Waals surface area (Å²) in [6.45, 7) is 1.32. The number of hydrogen-bond donors (Lipinski definition) is 1. The largest absolute Gasteiger partial charge is 0.453 e. The van der Waals surface area contributed by atoms with Crippen LogP contribution in [-0.4, -0.2) is 18.0 Å². The molecule has 0 saturated carbocycles. The topological polar surface area (TPSA) is 55.4 Å². The van der Waals surface area contributed by atoms with Crippen molar-refractivity contribution in [2.75, 3.05) is 5.32 Å². The molecule has 4 nitrogen and oxygen atoms in total. The van der Waals surface area contributed by atoms with Gasteiger partial charge in [0.25, 0.3) is 5.91 Å². The predicted octanol–water partition coefficient (Wildman–Crippen LogP) is 3.61. The molecule has 0 aromatic heterocycles. The van der Waals surface area contributed by atoms with Gasteiger partial charge in [0.2, 0.25) is 0 Å². The van der Waals surface area contributed by atoms with Crippen LogP contribution in [0.25, 0.3) is 0 Å². The van der Waals surface area contributed by atoms with E-state index in [-0.39, 0.29) is 17.9 Å². The SMILES string of the molecule is CC(OC(=O)CCc1ccc(F)cc1)C(=O)Nc1cc(F)ccc1F. The van der Waals surface area contributed by atoms with Crippen molar-refractivity contribution in [2.45, 2.75) is 25.9 Å². The molecule has 1 amide bonds. The van der Waals surface area contributed by atoms with Crippen LogP contribution in [0.15, 0.2) is 42.5 Å². The van der Waals surface area contributed by atoms with Gasteiger partial charge in [-0.25, -0.2) is 13.2 Å². The molecule has 25 heavy (non-hydrogen) atoms. The number of aryl methyl sites for hydroxylation is 1. The van der Waals surface area contributed by atoms with E-state index >= 15 is 0 Å². The third-order valence-corrected chi connectivity index (χ3v) is 3.39. The van der Waals surface area contributed by atoms with Gasteiger partial charge in [0.15, 0.2) is 6.10 Å². The van der Waals surface area contributed by atoms with Crippen LogP contribution < -0.4 is 5.32 Å². The number of carbonyl (C=O) groups is 2. The van der Waals surface area contributed by atoms with Crippen LogP contribution >= 0.6 is 0 Å². The minimum Gasteiger partial charge on any atom is -0.453 e. The lowest BCUT2D eigenvalue weighted by atomic mass is 10.1. The highest BCUT2D eigenvalue weighted by Crippen LogP contribution is 2.16. The summed E-state index contributed by atoms with van der Waals surface area (Å²) in [5.41, 5.74) is 0.413. The Morgan fingerprint density at radius 1 is 1.04 bits per heavy atom. The van der Waals surface area contributed by atoms with Gasteiger partial charge in [-0.15, -0.1) is 0 Å². The van der Waals surface area contributed by atoms with E-state index in [1.807, 2.05) is 0 Å². The van der Waals surface area contributed by atoms with Crippen LogP contribution in [0.2, 0.25) is 0 Å². The number of nitrogens with one attached hydrogen (secondary N) is 1. The van der Waals surface area contributed by atoms with E-state index in [2.05, 4.69) is 5.32 Å². The third-order valence-electron chi connectivity index (χ3n) is 3.39. The van der Waals surface area contributed by atoms with E-state index in [1.54, 1.807) is 12.1 Å². The molecule has 0 spiro atoms. The van der Waals surface area contributed by atoms with E-state index in [1.165, 1.54) is 19.1 Å². The predicted molar refractivity (Wildman–Crippen MR) is 85.3 cm³/mol. The minimum atomic E-state index is -1.18. The Kier molecular flexibility index (Phi) is 6.16. The zero-order valence-electron chi connectivity index (χ0n) is 13.4.